The first-order valence-corrected chi connectivity index (χ1v) is 23.8. The van der Waals surface area contributed by atoms with Crippen molar-refractivity contribution in [3.05, 3.63) is 186 Å². The average molecular weight is 1100 g/mol. The summed E-state index contributed by atoms with van der Waals surface area (Å²) in [6.45, 7) is 2.69. The number of hydrogen-bond acceptors (Lipinski definition) is 19. The number of rotatable bonds is 15. The predicted octanol–water partition coefficient (Wildman–Crippen LogP) is -2.48. The fourth-order valence-electron chi connectivity index (χ4n) is 8.81. The van der Waals surface area contributed by atoms with Gasteiger partial charge in [-0.3, -0.25) is 47.9 Å². The first-order valence-electron chi connectivity index (χ1n) is 23.8. The van der Waals surface area contributed by atoms with E-state index in [1.165, 1.54) is 67.0 Å². The molecule has 4 amide bonds. The number of carboxylic acid groups (broad SMARTS) is 2. The fourth-order valence-corrected chi connectivity index (χ4v) is 8.81. The summed E-state index contributed by atoms with van der Waals surface area (Å²) in [6.07, 6.45) is 6.93. The maximum absolute atomic E-state index is 13.5. The molecule has 9 N–H and O–H groups in total. The van der Waals surface area contributed by atoms with E-state index in [0.29, 0.717) is 5.69 Å². The minimum Gasteiger partial charge on any atom is -0.545 e. The van der Waals surface area contributed by atoms with Crippen LogP contribution < -0.4 is 37.4 Å². The number of nitrogens with zero attached hydrogens (tertiary/aromatic N) is 4. The van der Waals surface area contributed by atoms with Crippen molar-refractivity contribution in [1.82, 2.24) is 19.1 Å². The molecule has 2 fully saturated rings. The molecule has 4 unspecified atom stereocenters. The van der Waals surface area contributed by atoms with Crippen LogP contribution in [0, 0.1) is 11.8 Å². The van der Waals surface area contributed by atoms with E-state index in [1.54, 1.807) is 31.2 Å². The molecule has 2 saturated heterocycles. The Kier molecular flexibility index (Phi) is 19.7. The Balaban J connectivity index is 0.000000213. The second-order valence-electron chi connectivity index (χ2n) is 17.6. The third kappa shape index (κ3) is 13.0. The summed E-state index contributed by atoms with van der Waals surface area (Å²) < 4.78 is 24.9. The molecule has 0 radical (unpaired) electrons. The molecule has 418 valence electrons. The number of amides is 4. The van der Waals surface area contributed by atoms with Gasteiger partial charge >= 0.3 is 17.3 Å². The van der Waals surface area contributed by atoms with Crippen molar-refractivity contribution < 1.29 is 83.8 Å². The third-order valence-electron chi connectivity index (χ3n) is 12.7. The number of aromatic carboxylic acids is 2. The van der Waals surface area contributed by atoms with E-state index in [4.69, 9.17) is 24.1 Å². The Labute approximate surface area is 445 Å². The lowest BCUT2D eigenvalue weighted by Gasteiger charge is -2.26. The zero-order valence-corrected chi connectivity index (χ0v) is 41.8. The summed E-state index contributed by atoms with van der Waals surface area (Å²) in [4.78, 5) is 124. The van der Waals surface area contributed by atoms with Gasteiger partial charge in [-0.2, -0.15) is 0 Å². The highest BCUT2D eigenvalue weighted by Gasteiger charge is 2.49. The number of benzene rings is 2. The summed E-state index contributed by atoms with van der Waals surface area (Å²) in [5.74, 6) is -5.49. The number of aromatic amines is 2. The van der Waals surface area contributed by atoms with E-state index in [0.717, 1.165) is 37.2 Å². The summed E-state index contributed by atoms with van der Waals surface area (Å²) in [6, 6.07) is 13.0. The molecule has 2 aromatic carbocycles. The van der Waals surface area contributed by atoms with Crippen molar-refractivity contribution in [2.24, 2.45) is 11.8 Å². The van der Waals surface area contributed by atoms with Gasteiger partial charge < -0.3 is 59.9 Å². The molecule has 79 heavy (non-hydrogen) atoms. The zero-order chi connectivity index (χ0) is 56.5. The second kappa shape index (κ2) is 26.1. The van der Waals surface area contributed by atoms with Crippen molar-refractivity contribution in [3.8, 4) is 0 Å². The van der Waals surface area contributed by atoms with E-state index in [2.05, 4.69) is 9.97 Å². The zero-order valence-electron chi connectivity index (χ0n) is 41.8. The number of carbonyl (C=O) groups excluding carboxylic acids is 5. The number of aliphatic hydroxyl groups excluding tert-OH is 4. The van der Waals surface area contributed by atoms with Crippen LogP contribution in [0.1, 0.15) is 47.0 Å². The predicted molar refractivity (Wildman–Crippen MR) is 271 cm³/mol. The van der Waals surface area contributed by atoms with E-state index in [9.17, 15) is 73.5 Å². The largest absolute Gasteiger partial charge is 0.545 e. The number of H-pyrrole nitrogens is 2. The lowest BCUT2D eigenvalue weighted by molar-refractivity contribution is -0.255. The Hall–Kier alpha value is -8.64. The second-order valence-corrected chi connectivity index (χ2v) is 17.6. The molecule has 0 saturated carbocycles. The number of aromatic nitrogens is 4. The molecule has 6 heterocycles. The van der Waals surface area contributed by atoms with Gasteiger partial charge in [0.2, 0.25) is 0 Å². The highest BCUT2D eigenvalue weighted by Crippen LogP contribution is 2.40. The first kappa shape index (κ1) is 59.6. The Morgan fingerprint density at radius 3 is 1.62 bits per heavy atom. The monoisotopic (exact) mass is 1100 g/mol. The van der Waals surface area contributed by atoms with Gasteiger partial charge in [0, 0.05) is 59.7 Å². The SMILES string of the molecule is C/C=C/C=C/COC1[C@@H](O)[C@@H](CO)O[C@H]1n1ccc(=O)[nH]c1=O.CC1C=CC(COC2[C@@H](O)[C@@H](CO)O[C@H]2n2ccc(=O)[nH]c2=O)C2=C1C(=O)N(c1ccc(C(=O)O)cc1)C2=O.O.O=C([O-])c1ccc(N2C(=O)C=CC2=O)cc1. The lowest BCUT2D eigenvalue weighted by Crippen LogP contribution is -2.40. The van der Waals surface area contributed by atoms with Gasteiger partial charge in [0.25, 0.3) is 34.7 Å². The molecule has 9 rings (SSSR count). The molecule has 27 nitrogen and oxygen atoms in total. The van der Waals surface area contributed by atoms with Crippen molar-refractivity contribution in [2.75, 3.05) is 36.2 Å². The lowest BCUT2D eigenvalue weighted by atomic mass is 9.84. The maximum atomic E-state index is 13.5. The molecule has 4 aromatic rings. The van der Waals surface area contributed by atoms with Crippen molar-refractivity contribution >= 4 is 46.9 Å². The number of ether oxygens (including phenoxy) is 4. The summed E-state index contributed by atoms with van der Waals surface area (Å²) in [5.41, 5.74) is -1.58. The van der Waals surface area contributed by atoms with Gasteiger partial charge in [0.1, 0.15) is 36.6 Å². The Morgan fingerprint density at radius 1 is 0.671 bits per heavy atom. The number of anilines is 2. The summed E-state index contributed by atoms with van der Waals surface area (Å²) in [7, 11) is 0. The van der Waals surface area contributed by atoms with Crippen LogP contribution in [-0.4, -0.2) is 149 Å². The van der Waals surface area contributed by atoms with E-state index < -0.39 is 126 Å². The normalized spacial score (nSPS) is 25.1. The number of carboxylic acids is 2. The van der Waals surface area contributed by atoms with Gasteiger partial charge in [0.05, 0.1) is 49.3 Å². The number of imide groups is 2. The van der Waals surface area contributed by atoms with Crippen LogP contribution in [0.5, 0.6) is 0 Å². The van der Waals surface area contributed by atoms with Gasteiger partial charge in [0.15, 0.2) is 12.5 Å². The number of aliphatic hydroxyl groups is 4. The number of hydrogen-bond donors (Lipinski definition) is 7. The van der Waals surface area contributed by atoms with E-state index in [1.807, 2.05) is 19.1 Å². The van der Waals surface area contributed by atoms with Gasteiger partial charge in [-0.15, -0.1) is 0 Å². The highest BCUT2D eigenvalue weighted by atomic mass is 16.6. The number of carbonyl (C=O) groups is 6. The number of nitrogens with one attached hydrogen (secondary N) is 2. The van der Waals surface area contributed by atoms with Crippen LogP contribution in [-0.2, 0) is 38.1 Å². The minimum absolute atomic E-state index is 0. The Bertz CT molecular complexity index is 3320. The molecule has 10 atom stereocenters. The van der Waals surface area contributed by atoms with Crippen molar-refractivity contribution in [1.29, 1.82) is 0 Å². The van der Waals surface area contributed by atoms with E-state index >= 15 is 0 Å². The van der Waals surface area contributed by atoms with Crippen molar-refractivity contribution in [3.63, 3.8) is 0 Å². The van der Waals surface area contributed by atoms with Crippen LogP contribution in [0.3, 0.4) is 0 Å². The van der Waals surface area contributed by atoms with Gasteiger partial charge in [-0.1, -0.05) is 55.5 Å². The minimum atomic E-state index is -1.34. The van der Waals surface area contributed by atoms with E-state index in [-0.39, 0.29) is 52.6 Å². The smallest absolute Gasteiger partial charge is 0.335 e. The maximum Gasteiger partial charge on any atom is 0.335 e. The third-order valence-corrected chi connectivity index (χ3v) is 12.7. The Morgan fingerprint density at radius 2 is 1.15 bits per heavy atom. The van der Waals surface area contributed by atoms with Crippen molar-refractivity contribution in [2.45, 2.75) is 62.9 Å². The van der Waals surface area contributed by atoms with Crippen LogP contribution in [0.2, 0.25) is 0 Å². The molecular formula is C52H53N6O21-. The van der Waals surface area contributed by atoms with Crippen LogP contribution in [0.15, 0.2) is 152 Å². The van der Waals surface area contributed by atoms with Gasteiger partial charge in [-0.05, 0) is 48.9 Å². The van der Waals surface area contributed by atoms with Gasteiger partial charge in [-0.25, -0.2) is 24.2 Å². The fraction of sp³-hybridized carbons (Fsp3) is 0.308. The molecule has 0 bridgehead atoms. The highest BCUT2D eigenvalue weighted by molar-refractivity contribution is 6.33. The van der Waals surface area contributed by atoms with Crippen LogP contribution >= 0.6 is 0 Å². The topological polar surface area (TPSA) is 411 Å². The quantitative estimate of drug-likeness (QED) is 0.0368. The first-order chi connectivity index (χ1) is 37.3. The van der Waals surface area contributed by atoms with Crippen LogP contribution in [0.25, 0.3) is 0 Å². The molecule has 5 aliphatic rings. The molecule has 2 aromatic heterocycles. The molecule has 0 spiro atoms. The molecule has 1 aliphatic carbocycles. The molecule has 27 heteroatoms. The number of allylic oxidation sites excluding steroid dienone is 4. The molecule has 4 aliphatic heterocycles. The summed E-state index contributed by atoms with van der Waals surface area (Å²) >= 11 is 0. The standard InChI is InChI=1S/C26H25N3O10.C15H20N2O6.C11H7NO4.H2O/c1-12-2-3-14(19-18(12)22(33)29(23(19)34)15-6-4-13(5-7-15)25(35)36)11-38-21-20(32)16(10-30)39-24(21)28-9-8-17(31)27-26(28)37;1-2-3-4-5-8-22-13-12(20)10(9-18)23-14(13)17-7-6-11(19)16-15(17)21;13-9-5-6-10(14)12(9)8-3-1-7(2-4-8)11(15)16;/h2-9,12,14,16,20-21,24,30,32H,10-11H2,1H3,(H,35,36)(H,27,31,37);2-7,10,12-14,18,20H,8-9H2,1H3,(H,16,19,21);1-6H,(H,15,16);1H2/p-1/b;3-2+,5-4+;;/t12?,14?,16-,20+,21?,24-;10-,12+,13?,14-;;/m11../s1. The molecular weight excluding hydrogens is 1040 g/mol. The van der Waals surface area contributed by atoms with Crippen LogP contribution in [0.4, 0.5) is 11.4 Å². The average Bonchev–Trinajstić information content (AvgIpc) is 4.35. The summed E-state index contributed by atoms with van der Waals surface area (Å²) in [5, 5.41) is 59.5.